The minimum atomic E-state index is 0.188. The Balaban J connectivity index is 1.57. The fraction of sp³-hybridized carbons (Fsp3) is 0.500. The molecule has 150 valence electrons. The molecule has 2 saturated carbocycles. The summed E-state index contributed by atoms with van der Waals surface area (Å²) in [6, 6.07) is 5.82. The lowest BCUT2D eigenvalue weighted by atomic mass is 9.94. The number of aromatic hydroxyl groups is 1. The Labute approximate surface area is 172 Å². The number of aromatic nitrogens is 2. The minimum absolute atomic E-state index is 0.188. The van der Waals surface area contributed by atoms with Crippen molar-refractivity contribution in [2.45, 2.75) is 56.4 Å². The van der Waals surface area contributed by atoms with E-state index in [2.05, 4.69) is 33.4 Å². The number of piperidine rings is 1. The number of hydrogen-bond donors (Lipinski definition) is 2. The van der Waals surface area contributed by atoms with E-state index in [1.54, 1.807) is 6.07 Å². The zero-order valence-corrected chi connectivity index (χ0v) is 17.0. The van der Waals surface area contributed by atoms with Crippen LogP contribution in [-0.2, 0) is 0 Å². The van der Waals surface area contributed by atoms with E-state index in [1.165, 1.54) is 56.2 Å². The Morgan fingerprint density at radius 1 is 1.10 bits per heavy atom. The van der Waals surface area contributed by atoms with Gasteiger partial charge in [-0.2, -0.15) is 0 Å². The SMILES string of the molecule is C#Cc1ccc(-c2nnc(NC3CCCN(C)C3)c(C3CC3)c2C2CC2)c(O)c1. The van der Waals surface area contributed by atoms with Gasteiger partial charge in [0.05, 0.1) is 0 Å². The molecule has 1 aromatic heterocycles. The minimum Gasteiger partial charge on any atom is -0.507 e. The molecule has 0 amide bonds. The van der Waals surface area contributed by atoms with Crippen LogP contribution in [0.2, 0.25) is 0 Å². The van der Waals surface area contributed by atoms with Crippen molar-refractivity contribution in [3.63, 3.8) is 0 Å². The van der Waals surface area contributed by atoms with Crippen molar-refractivity contribution in [1.82, 2.24) is 15.1 Å². The summed E-state index contributed by atoms with van der Waals surface area (Å²) in [4.78, 5) is 2.38. The van der Waals surface area contributed by atoms with Gasteiger partial charge in [0.1, 0.15) is 11.4 Å². The highest BCUT2D eigenvalue weighted by Gasteiger charge is 2.38. The molecule has 2 aliphatic carbocycles. The third kappa shape index (κ3) is 3.70. The number of nitrogens with one attached hydrogen (secondary N) is 1. The van der Waals surface area contributed by atoms with Crippen LogP contribution in [0.4, 0.5) is 5.82 Å². The second-order valence-corrected chi connectivity index (χ2v) is 8.90. The van der Waals surface area contributed by atoms with Crippen LogP contribution in [0.1, 0.15) is 67.1 Å². The van der Waals surface area contributed by atoms with Crippen molar-refractivity contribution >= 4 is 5.82 Å². The summed E-state index contributed by atoms with van der Waals surface area (Å²) in [6.07, 6.45) is 12.7. The van der Waals surface area contributed by atoms with E-state index in [4.69, 9.17) is 6.42 Å². The molecule has 2 heterocycles. The molecule has 0 radical (unpaired) electrons. The van der Waals surface area contributed by atoms with Crippen LogP contribution in [0.5, 0.6) is 5.75 Å². The van der Waals surface area contributed by atoms with Crippen LogP contribution in [-0.4, -0.2) is 46.4 Å². The van der Waals surface area contributed by atoms with E-state index in [9.17, 15) is 5.11 Å². The summed E-state index contributed by atoms with van der Waals surface area (Å²) in [5.41, 5.74) is 4.91. The van der Waals surface area contributed by atoms with Crippen LogP contribution in [0, 0.1) is 12.3 Å². The van der Waals surface area contributed by atoms with Gasteiger partial charge in [0, 0.05) is 29.3 Å². The molecule has 3 fully saturated rings. The van der Waals surface area contributed by atoms with Gasteiger partial charge < -0.3 is 15.3 Å². The van der Waals surface area contributed by atoms with E-state index in [-0.39, 0.29) is 5.75 Å². The summed E-state index contributed by atoms with van der Waals surface area (Å²) in [6.45, 7) is 2.21. The summed E-state index contributed by atoms with van der Waals surface area (Å²) in [5, 5.41) is 23.7. The Bertz CT molecular complexity index is 972. The Morgan fingerprint density at radius 2 is 1.86 bits per heavy atom. The maximum Gasteiger partial charge on any atom is 0.152 e. The fourth-order valence-corrected chi connectivity index (χ4v) is 4.64. The first-order valence-corrected chi connectivity index (χ1v) is 10.8. The number of likely N-dealkylation sites (N-methyl/N-ethyl adjacent to an activating group) is 1. The molecule has 5 nitrogen and oxygen atoms in total. The van der Waals surface area contributed by atoms with Gasteiger partial charge in [0.2, 0.25) is 0 Å². The highest BCUT2D eigenvalue weighted by atomic mass is 16.3. The molecular formula is C24H28N4O. The van der Waals surface area contributed by atoms with Gasteiger partial charge in [-0.05, 0) is 87.7 Å². The Kier molecular flexibility index (Phi) is 4.67. The van der Waals surface area contributed by atoms with Crippen LogP contribution >= 0.6 is 0 Å². The van der Waals surface area contributed by atoms with Gasteiger partial charge in [0.25, 0.3) is 0 Å². The smallest absolute Gasteiger partial charge is 0.152 e. The van der Waals surface area contributed by atoms with Crippen LogP contribution < -0.4 is 5.32 Å². The Hall–Kier alpha value is -2.58. The van der Waals surface area contributed by atoms with E-state index < -0.39 is 0 Å². The predicted molar refractivity (Wildman–Crippen MR) is 115 cm³/mol. The molecule has 2 N–H and O–H groups in total. The first-order valence-electron chi connectivity index (χ1n) is 10.8. The molecule has 0 bridgehead atoms. The lowest BCUT2D eigenvalue weighted by Crippen LogP contribution is -2.40. The predicted octanol–water partition coefficient (Wildman–Crippen LogP) is 4.09. The topological polar surface area (TPSA) is 61.3 Å². The van der Waals surface area contributed by atoms with Gasteiger partial charge in [-0.15, -0.1) is 16.6 Å². The van der Waals surface area contributed by atoms with Gasteiger partial charge in [-0.3, -0.25) is 0 Å². The van der Waals surface area contributed by atoms with Gasteiger partial charge in [-0.1, -0.05) is 5.92 Å². The summed E-state index contributed by atoms with van der Waals surface area (Å²) < 4.78 is 0. The summed E-state index contributed by atoms with van der Waals surface area (Å²) >= 11 is 0. The van der Waals surface area contributed by atoms with E-state index in [1.807, 2.05) is 12.1 Å². The maximum atomic E-state index is 10.6. The molecule has 5 heteroatoms. The quantitative estimate of drug-likeness (QED) is 0.756. The third-order valence-electron chi connectivity index (χ3n) is 6.41. The fourth-order valence-electron chi connectivity index (χ4n) is 4.64. The van der Waals surface area contributed by atoms with Gasteiger partial charge in [0.15, 0.2) is 5.82 Å². The first kappa shape index (κ1) is 18.4. The number of benzene rings is 1. The number of hydrogen-bond acceptors (Lipinski definition) is 5. The molecule has 1 aliphatic heterocycles. The lowest BCUT2D eigenvalue weighted by Gasteiger charge is -2.31. The van der Waals surface area contributed by atoms with Crippen molar-refractivity contribution in [3.05, 3.63) is 34.9 Å². The van der Waals surface area contributed by atoms with Gasteiger partial charge in [-0.25, -0.2) is 0 Å². The zero-order chi connectivity index (χ0) is 20.0. The Morgan fingerprint density at radius 3 is 2.52 bits per heavy atom. The summed E-state index contributed by atoms with van der Waals surface area (Å²) in [7, 11) is 2.18. The second-order valence-electron chi connectivity index (χ2n) is 8.90. The van der Waals surface area contributed by atoms with Crippen molar-refractivity contribution < 1.29 is 5.11 Å². The number of nitrogens with zero attached hydrogens (tertiary/aromatic N) is 3. The molecule has 2 aromatic rings. The van der Waals surface area contributed by atoms with Crippen molar-refractivity contribution in [1.29, 1.82) is 0 Å². The number of anilines is 1. The molecule has 1 unspecified atom stereocenters. The number of terminal acetylenes is 1. The van der Waals surface area contributed by atoms with Crippen LogP contribution in [0.15, 0.2) is 18.2 Å². The molecule has 29 heavy (non-hydrogen) atoms. The number of phenolic OH excluding ortho intramolecular Hbond substituents is 1. The van der Waals surface area contributed by atoms with E-state index >= 15 is 0 Å². The molecule has 1 aromatic carbocycles. The standard InChI is InChI=1S/C24H28N4O/c1-3-15-6-11-19(20(29)13-15)23-21(16-7-8-16)22(17-9-10-17)24(27-26-23)25-18-5-4-12-28(2)14-18/h1,6,11,13,16-18,29H,4-5,7-10,12,14H2,2H3,(H,25,27). The average Bonchev–Trinajstić information content (AvgIpc) is 3.61. The highest BCUT2D eigenvalue weighted by molar-refractivity contribution is 5.75. The normalized spacial score (nSPS) is 22.3. The summed E-state index contributed by atoms with van der Waals surface area (Å²) in [5.74, 6) is 4.83. The molecule has 0 spiro atoms. The zero-order valence-electron chi connectivity index (χ0n) is 17.0. The second kappa shape index (κ2) is 7.35. The number of phenols is 1. The van der Waals surface area contributed by atoms with Crippen LogP contribution in [0.25, 0.3) is 11.3 Å². The van der Waals surface area contributed by atoms with Crippen molar-refractivity contribution in [2.75, 3.05) is 25.5 Å². The number of rotatable bonds is 5. The van der Waals surface area contributed by atoms with E-state index in [0.717, 1.165) is 23.6 Å². The van der Waals surface area contributed by atoms with Crippen LogP contribution in [0.3, 0.4) is 0 Å². The largest absolute Gasteiger partial charge is 0.507 e. The molecule has 1 atom stereocenters. The average molecular weight is 389 g/mol. The van der Waals surface area contributed by atoms with Crippen molar-refractivity contribution in [2.24, 2.45) is 0 Å². The maximum absolute atomic E-state index is 10.6. The van der Waals surface area contributed by atoms with Gasteiger partial charge >= 0.3 is 0 Å². The molecule has 3 aliphatic rings. The third-order valence-corrected chi connectivity index (χ3v) is 6.41. The first-order chi connectivity index (χ1) is 14.1. The highest BCUT2D eigenvalue weighted by Crippen LogP contribution is 2.54. The molecular weight excluding hydrogens is 360 g/mol. The molecule has 5 rings (SSSR count). The number of likely N-dealkylation sites (tertiary alicyclic amines) is 1. The lowest BCUT2D eigenvalue weighted by molar-refractivity contribution is 0.260. The van der Waals surface area contributed by atoms with Crippen molar-refractivity contribution in [3.8, 4) is 29.4 Å². The monoisotopic (exact) mass is 388 g/mol. The van der Waals surface area contributed by atoms with E-state index in [0.29, 0.717) is 23.4 Å². The molecule has 1 saturated heterocycles.